The van der Waals surface area contributed by atoms with Crippen LogP contribution in [-0.2, 0) is 9.59 Å². The molecule has 0 bridgehead atoms. The average Bonchev–Trinajstić information content (AvgIpc) is 3.31. The highest BCUT2D eigenvalue weighted by Crippen LogP contribution is 2.26. The maximum atomic E-state index is 12.1. The number of rotatable bonds is 9. The van der Waals surface area contributed by atoms with Gasteiger partial charge in [0.1, 0.15) is 24.2 Å². The Bertz CT molecular complexity index is 1260. The minimum atomic E-state index is -1.09. The van der Waals surface area contributed by atoms with E-state index in [9.17, 15) is 20.0 Å². The number of nitrogens with zero attached hydrogens (tertiary/aromatic N) is 6. The lowest BCUT2D eigenvalue weighted by Crippen LogP contribution is -2.60. The lowest BCUT2D eigenvalue weighted by atomic mass is 10.00. The summed E-state index contributed by atoms with van der Waals surface area (Å²) in [5.74, 6) is -0.0602. The molecule has 0 saturated carbocycles. The van der Waals surface area contributed by atoms with Gasteiger partial charge in [0, 0.05) is 16.5 Å². The fraction of sp³-hybridized carbons (Fsp3) is 0.346. The normalized spacial score (nSPS) is 18.6. The number of hydrogen-bond acceptors (Lipinski definition) is 7. The monoisotopic (exact) mass is 556 g/mol. The minimum Gasteiger partial charge on any atom is -0.487 e. The summed E-state index contributed by atoms with van der Waals surface area (Å²) in [5.41, 5.74) is 1.35. The van der Waals surface area contributed by atoms with E-state index in [1.165, 1.54) is 0 Å². The van der Waals surface area contributed by atoms with Gasteiger partial charge in [0.15, 0.2) is 0 Å². The van der Waals surface area contributed by atoms with E-state index in [4.69, 9.17) is 33.0 Å². The first-order valence-electron chi connectivity index (χ1n) is 12.0. The van der Waals surface area contributed by atoms with Crippen LogP contribution in [0.25, 0.3) is 0 Å². The van der Waals surface area contributed by atoms with Crippen molar-refractivity contribution in [1.29, 1.82) is 5.26 Å². The van der Waals surface area contributed by atoms with Crippen molar-refractivity contribution in [2.45, 2.75) is 31.5 Å². The summed E-state index contributed by atoms with van der Waals surface area (Å²) in [4.78, 5) is 31.0. The second-order valence-corrected chi connectivity index (χ2v) is 9.66. The first kappa shape index (κ1) is 27.4. The van der Waals surface area contributed by atoms with Gasteiger partial charge in [-0.25, -0.2) is 5.01 Å². The largest absolute Gasteiger partial charge is 0.487 e. The highest BCUT2D eigenvalue weighted by Gasteiger charge is 2.42. The summed E-state index contributed by atoms with van der Waals surface area (Å²) < 4.78 is 5.98. The molecule has 10 nitrogen and oxygen atoms in total. The van der Waals surface area contributed by atoms with E-state index in [-0.39, 0.29) is 19.1 Å². The molecule has 12 heteroatoms. The van der Waals surface area contributed by atoms with Crippen LogP contribution in [0.15, 0.2) is 58.6 Å². The van der Waals surface area contributed by atoms with E-state index < -0.39 is 18.1 Å². The van der Waals surface area contributed by atoms with E-state index in [0.29, 0.717) is 53.4 Å². The number of ether oxygens (including phenoxy) is 1. The molecule has 1 saturated heterocycles. The van der Waals surface area contributed by atoms with Gasteiger partial charge in [0.05, 0.1) is 31.4 Å². The fourth-order valence-corrected chi connectivity index (χ4v) is 4.84. The molecule has 38 heavy (non-hydrogen) atoms. The smallest absolute Gasteiger partial charge is 0.321 e. The van der Waals surface area contributed by atoms with Crippen LogP contribution in [0.3, 0.4) is 0 Å². The quantitative estimate of drug-likeness (QED) is 0.216. The molecule has 2 aliphatic rings. The number of carbonyl (C=O) groups excluding carboxylic acids is 1. The predicted octanol–water partition coefficient (Wildman–Crippen LogP) is 3.35. The Kier molecular flexibility index (Phi) is 8.84. The van der Waals surface area contributed by atoms with Gasteiger partial charge in [0.2, 0.25) is 12.2 Å². The number of likely N-dealkylation sites (N-methyl/N-ethyl adjacent to an activating group) is 1. The SMILES string of the molecule is CCN(C(CC=O)C(=O)O)C1CN(C(=NC#N)N2CC(Oc3ccc(Cl)cc3)C2)N=C1c1ccc(Cl)cc1. The maximum Gasteiger partial charge on any atom is 0.321 e. The second kappa shape index (κ2) is 12.3. The Balaban J connectivity index is 1.58. The van der Waals surface area contributed by atoms with Gasteiger partial charge >= 0.3 is 5.97 Å². The summed E-state index contributed by atoms with van der Waals surface area (Å²) >= 11 is 12.0. The molecule has 2 heterocycles. The van der Waals surface area contributed by atoms with Crippen molar-refractivity contribution in [2.75, 3.05) is 26.2 Å². The third-order valence-electron chi connectivity index (χ3n) is 6.43. The van der Waals surface area contributed by atoms with Crippen molar-refractivity contribution in [3.05, 3.63) is 64.1 Å². The Labute approximate surface area is 230 Å². The van der Waals surface area contributed by atoms with E-state index in [0.717, 1.165) is 5.56 Å². The molecule has 2 aliphatic heterocycles. The van der Waals surface area contributed by atoms with Crippen LogP contribution >= 0.6 is 23.2 Å². The van der Waals surface area contributed by atoms with Crippen molar-refractivity contribution in [3.8, 4) is 11.9 Å². The van der Waals surface area contributed by atoms with Crippen LogP contribution in [0.4, 0.5) is 0 Å². The zero-order chi connectivity index (χ0) is 27.2. The number of carbonyl (C=O) groups is 2. The molecule has 4 rings (SSSR count). The fourth-order valence-electron chi connectivity index (χ4n) is 4.59. The summed E-state index contributed by atoms with van der Waals surface area (Å²) in [5, 5.41) is 26.9. The molecular formula is C26H26Cl2N6O4. The molecule has 1 N–H and O–H groups in total. The Morgan fingerprint density at radius 2 is 1.84 bits per heavy atom. The molecule has 198 valence electrons. The molecule has 0 spiro atoms. The van der Waals surface area contributed by atoms with Gasteiger partial charge in [-0.05, 0) is 48.5 Å². The second-order valence-electron chi connectivity index (χ2n) is 8.79. The van der Waals surface area contributed by atoms with Crippen LogP contribution in [0, 0.1) is 11.5 Å². The third-order valence-corrected chi connectivity index (χ3v) is 6.93. The molecule has 2 aromatic rings. The van der Waals surface area contributed by atoms with Crippen molar-refractivity contribution in [3.63, 3.8) is 0 Å². The van der Waals surface area contributed by atoms with Gasteiger partial charge in [-0.1, -0.05) is 42.3 Å². The van der Waals surface area contributed by atoms with E-state index in [1.807, 2.05) is 30.1 Å². The number of halogens is 2. The number of likely N-dealkylation sites (tertiary alicyclic amines) is 1. The third kappa shape index (κ3) is 6.07. The lowest BCUT2D eigenvalue weighted by molar-refractivity contribution is -0.144. The minimum absolute atomic E-state index is 0.116. The van der Waals surface area contributed by atoms with Crippen LogP contribution in [0.5, 0.6) is 5.75 Å². The number of aliphatic carboxylic acids is 1. The molecule has 0 aliphatic carbocycles. The first-order chi connectivity index (χ1) is 18.3. The van der Waals surface area contributed by atoms with Crippen molar-refractivity contribution in [1.82, 2.24) is 14.8 Å². The van der Waals surface area contributed by atoms with Crippen LogP contribution in [0.2, 0.25) is 10.0 Å². The number of aldehydes is 1. The number of carboxylic acid groups (broad SMARTS) is 1. The predicted molar refractivity (Wildman–Crippen MR) is 143 cm³/mol. The van der Waals surface area contributed by atoms with Crippen LogP contribution < -0.4 is 4.74 Å². The standard InChI is InChI=1S/C26H26Cl2N6O4/c1-2-33(22(11-12-35)25(36)37)23-15-34(31-24(23)17-3-5-18(27)6-4-17)26(30-16-29)32-13-21(14-32)38-20-9-7-19(28)8-10-20/h3-10,12,21-23H,2,11,13-15H2,1H3,(H,36,37). The van der Waals surface area contributed by atoms with Crippen molar-refractivity contribution in [2.24, 2.45) is 10.1 Å². The number of aliphatic imine (C=N–C) groups is 1. The highest BCUT2D eigenvalue weighted by atomic mass is 35.5. The summed E-state index contributed by atoms with van der Waals surface area (Å²) in [7, 11) is 0. The number of benzene rings is 2. The van der Waals surface area contributed by atoms with Gasteiger partial charge in [-0.15, -0.1) is 4.99 Å². The van der Waals surface area contributed by atoms with Crippen molar-refractivity contribution < 1.29 is 19.4 Å². The molecule has 0 aromatic heterocycles. The molecule has 2 aromatic carbocycles. The maximum absolute atomic E-state index is 12.1. The van der Waals surface area contributed by atoms with Gasteiger partial charge in [-0.3, -0.25) is 9.69 Å². The van der Waals surface area contributed by atoms with E-state index >= 15 is 0 Å². The average molecular weight is 557 g/mol. The van der Waals surface area contributed by atoms with Gasteiger partial charge < -0.3 is 19.5 Å². The number of carboxylic acids is 1. The van der Waals surface area contributed by atoms with Crippen molar-refractivity contribution >= 4 is 47.1 Å². The van der Waals surface area contributed by atoms with Crippen LogP contribution in [0.1, 0.15) is 18.9 Å². The topological polar surface area (TPSA) is 122 Å². The summed E-state index contributed by atoms with van der Waals surface area (Å²) in [6.45, 7) is 3.41. The molecular weight excluding hydrogens is 531 g/mol. The Morgan fingerprint density at radius 3 is 2.39 bits per heavy atom. The number of nitriles is 1. The number of hydrazone groups is 1. The zero-order valence-electron chi connectivity index (χ0n) is 20.6. The van der Waals surface area contributed by atoms with E-state index in [2.05, 4.69) is 4.99 Å². The summed E-state index contributed by atoms with van der Waals surface area (Å²) in [6.07, 6.45) is 2.18. The first-order valence-corrected chi connectivity index (χ1v) is 12.8. The van der Waals surface area contributed by atoms with Crippen LogP contribution in [-0.4, -0.2) is 88.2 Å². The van der Waals surface area contributed by atoms with Gasteiger partial charge in [-0.2, -0.15) is 10.4 Å². The Morgan fingerprint density at radius 1 is 1.21 bits per heavy atom. The molecule has 0 radical (unpaired) electrons. The molecule has 0 amide bonds. The lowest BCUT2D eigenvalue weighted by Gasteiger charge is -2.42. The summed E-state index contributed by atoms with van der Waals surface area (Å²) in [6, 6.07) is 12.7. The van der Waals surface area contributed by atoms with E-state index in [1.54, 1.807) is 46.3 Å². The zero-order valence-corrected chi connectivity index (χ0v) is 22.1. The highest BCUT2D eigenvalue weighted by molar-refractivity contribution is 6.31. The number of guanidine groups is 1. The molecule has 1 fully saturated rings. The molecule has 2 atom stereocenters. The Hall–Kier alpha value is -3.65. The van der Waals surface area contributed by atoms with Gasteiger partial charge in [0.25, 0.3) is 0 Å². The molecule has 2 unspecified atom stereocenters. The number of hydrogen-bond donors (Lipinski definition) is 1.